The molecule has 8 nitrogen and oxygen atoms in total. The van der Waals surface area contributed by atoms with Crippen LogP contribution in [0.2, 0.25) is 0 Å². The quantitative estimate of drug-likeness (QED) is 0.331. The highest BCUT2D eigenvalue weighted by Gasteiger charge is 2.28. The van der Waals surface area contributed by atoms with Crippen molar-refractivity contribution >= 4 is 23.5 Å². The van der Waals surface area contributed by atoms with E-state index in [0.29, 0.717) is 28.3 Å². The molecule has 0 bridgehead atoms. The van der Waals surface area contributed by atoms with Gasteiger partial charge in [0.05, 0.1) is 25.8 Å². The van der Waals surface area contributed by atoms with Crippen LogP contribution in [0, 0.1) is 0 Å². The number of carbonyl (C=O) groups excluding carboxylic acids is 3. The number of rotatable bonds is 8. The number of methoxy groups -OCH3 is 2. The summed E-state index contributed by atoms with van der Waals surface area (Å²) >= 11 is 0. The molecule has 1 atom stereocenters. The molecule has 1 unspecified atom stereocenters. The first-order chi connectivity index (χ1) is 17.1. The van der Waals surface area contributed by atoms with Gasteiger partial charge in [-0.1, -0.05) is 42.5 Å². The van der Waals surface area contributed by atoms with Crippen LogP contribution in [0.3, 0.4) is 0 Å². The number of nitrogens with zero attached hydrogens (tertiary/aromatic N) is 1. The van der Waals surface area contributed by atoms with E-state index in [1.807, 2.05) is 6.07 Å². The Labute approximate surface area is 210 Å². The summed E-state index contributed by atoms with van der Waals surface area (Å²) in [4.78, 5) is 42.8. The summed E-state index contributed by atoms with van der Waals surface area (Å²) in [7, 11) is 2.80. The maximum atomic E-state index is 13.8. The number of benzene rings is 2. The fourth-order valence-electron chi connectivity index (χ4n) is 3.66. The van der Waals surface area contributed by atoms with E-state index >= 15 is 0 Å². The molecular weight excluding hydrogens is 460 g/mol. The van der Waals surface area contributed by atoms with E-state index in [1.54, 1.807) is 81.4 Å². The van der Waals surface area contributed by atoms with Gasteiger partial charge in [0.2, 0.25) is 0 Å². The van der Waals surface area contributed by atoms with E-state index in [0.717, 1.165) is 0 Å². The number of ketones is 1. The van der Waals surface area contributed by atoms with Crippen LogP contribution in [0.15, 0.2) is 66.7 Å². The Hall–Kier alpha value is -4.20. The Morgan fingerprint density at radius 2 is 1.67 bits per heavy atom. The van der Waals surface area contributed by atoms with E-state index in [4.69, 9.17) is 14.2 Å². The Bertz CT molecular complexity index is 1230. The maximum absolute atomic E-state index is 13.8. The zero-order valence-corrected chi connectivity index (χ0v) is 21.0. The third-order valence-corrected chi connectivity index (χ3v) is 5.26. The SMILES string of the molecule is COC(=O)c1cccc(CC(C(=O)c2ccccc2)c2ccc(OC)cc2NC(=O)OC(C)(C)C)n1. The lowest BCUT2D eigenvalue weighted by Crippen LogP contribution is -2.28. The summed E-state index contributed by atoms with van der Waals surface area (Å²) in [5.41, 5.74) is 1.39. The molecule has 0 fully saturated rings. The molecule has 0 aliphatic carbocycles. The molecule has 3 aromatic rings. The van der Waals surface area contributed by atoms with Crippen LogP contribution in [-0.4, -0.2) is 42.7 Å². The smallest absolute Gasteiger partial charge is 0.412 e. The van der Waals surface area contributed by atoms with Gasteiger partial charge in [0, 0.05) is 23.7 Å². The van der Waals surface area contributed by atoms with Crippen LogP contribution in [0.25, 0.3) is 0 Å². The van der Waals surface area contributed by atoms with Crippen LogP contribution < -0.4 is 10.1 Å². The first-order valence-electron chi connectivity index (χ1n) is 11.4. The first-order valence-corrected chi connectivity index (χ1v) is 11.4. The van der Waals surface area contributed by atoms with E-state index in [2.05, 4.69) is 10.3 Å². The zero-order valence-electron chi connectivity index (χ0n) is 21.0. The molecule has 1 aromatic heterocycles. The van der Waals surface area contributed by atoms with Crippen molar-refractivity contribution in [2.24, 2.45) is 0 Å². The van der Waals surface area contributed by atoms with Crippen molar-refractivity contribution in [3.8, 4) is 5.75 Å². The minimum atomic E-state index is -0.733. The first kappa shape index (κ1) is 26.4. The standard InChI is InChI=1S/C28H30N2O6/c1-28(2,3)36-27(33)30-24-17-20(34-4)14-15-21(24)22(25(31)18-10-7-6-8-11-18)16-19-12-9-13-23(29-19)26(32)35-5/h6-15,17,22H,16H2,1-5H3,(H,30,33). The van der Waals surface area contributed by atoms with Crippen molar-refractivity contribution in [1.29, 1.82) is 0 Å². The lowest BCUT2D eigenvalue weighted by Gasteiger charge is -2.23. The molecule has 0 spiro atoms. The fraction of sp³-hybridized carbons (Fsp3) is 0.286. The third kappa shape index (κ3) is 6.91. The molecule has 2 aromatic carbocycles. The van der Waals surface area contributed by atoms with E-state index in [9.17, 15) is 14.4 Å². The molecule has 0 radical (unpaired) electrons. The van der Waals surface area contributed by atoms with Crippen molar-refractivity contribution in [3.63, 3.8) is 0 Å². The number of amides is 1. The number of hydrogen-bond acceptors (Lipinski definition) is 7. The number of anilines is 1. The van der Waals surface area contributed by atoms with Crippen molar-refractivity contribution in [2.45, 2.75) is 38.7 Å². The van der Waals surface area contributed by atoms with Crippen LogP contribution >= 0.6 is 0 Å². The van der Waals surface area contributed by atoms with Crippen LogP contribution in [0.4, 0.5) is 10.5 Å². The second kappa shape index (κ2) is 11.5. The van der Waals surface area contributed by atoms with Gasteiger partial charge in [-0.15, -0.1) is 0 Å². The summed E-state index contributed by atoms with van der Waals surface area (Å²) < 4.78 is 15.6. The maximum Gasteiger partial charge on any atom is 0.412 e. The van der Waals surface area contributed by atoms with Gasteiger partial charge in [0.25, 0.3) is 0 Å². The normalized spacial score (nSPS) is 11.8. The number of aromatic nitrogens is 1. The van der Waals surface area contributed by atoms with Crippen LogP contribution in [-0.2, 0) is 15.9 Å². The van der Waals surface area contributed by atoms with E-state index in [1.165, 1.54) is 14.2 Å². The number of esters is 1. The minimum absolute atomic E-state index is 0.141. The van der Waals surface area contributed by atoms with Crippen molar-refractivity contribution in [1.82, 2.24) is 4.98 Å². The average molecular weight is 491 g/mol. The summed E-state index contributed by atoms with van der Waals surface area (Å²) in [6, 6.07) is 18.9. The second-order valence-corrected chi connectivity index (χ2v) is 9.07. The molecule has 8 heteroatoms. The fourth-order valence-corrected chi connectivity index (χ4v) is 3.66. The molecule has 0 aliphatic heterocycles. The lowest BCUT2D eigenvalue weighted by atomic mass is 9.85. The summed E-state index contributed by atoms with van der Waals surface area (Å²) in [5.74, 6) is -0.969. The molecule has 1 N–H and O–H groups in total. The molecule has 3 rings (SSSR count). The number of hydrogen-bond donors (Lipinski definition) is 1. The van der Waals surface area contributed by atoms with Gasteiger partial charge in [0.1, 0.15) is 17.0 Å². The Morgan fingerprint density at radius 3 is 2.31 bits per heavy atom. The van der Waals surface area contributed by atoms with E-state index in [-0.39, 0.29) is 17.9 Å². The predicted molar refractivity (Wildman–Crippen MR) is 136 cm³/mol. The minimum Gasteiger partial charge on any atom is -0.497 e. The average Bonchev–Trinajstić information content (AvgIpc) is 2.86. The molecule has 0 aliphatic rings. The van der Waals surface area contributed by atoms with Crippen LogP contribution in [0.1, 0.15) is 58.8 Å². The third-order valence-electron chi connectivity index (χ3n) is 5.26. The molecule has 0 saturated heterocycles. The van der Waals surface area contributed by atoms with Crippen molar-refractivity contribution in [3.05, 3.63) is 89.2 Å². The Balaban J connectivity index is 2.08. The van der Waals surface area contributed by atoms with Gasteiger partial charge in [-0.05, 0) is 44.5 Å². The van der Waals surface area contributed by atoms with Gasteiger partial charge < -0.3 is 14.2 Å². The molecular formula is C28H30N2O6. The summed E-state index contributed by atoms with van der Waals surface area (Å²) in [6.07, 6.45) is -0.484. The predicted octanol–water partition coefficient (Wildman–Crippen LogP) is 5.43. The Kier molecular flexibility index (Phi) is 8.42. The lowest BCUT2D eigenvalue weighted by molar-refractivity contribution is 0.0591. The number of pyridine rings is 1. The molecule has 188 valence electrons. The molecule has 36 heavy (non-hydrogen) atoms. The second-order valence-electron chi connectivity index (χ2n) is 9.07. The largest absolute Gasteiger partial charge is 0.497 e. The van der Waals surface area contributed by atoms with Gasteiger partial charge >= 0.3 is 12.1 Å². The highest BCUT2D eigenvalue weighted by molar-refractivity contribution is 6.02. The zero-order chi connectivity index (χ0) is 26.3. The van der Waals surface area contributed by atoms with Crippen molar-refractivity contribution in [2.75, 3.05) is 19.5 Å². The van der Waals surface area contributed by atoms with Crippen molar-refractivity contribution < 1.29 is 28.6 Å². The summed E-state index contributed by atoms with van der Waals surface area (Å²) in [5, 5.41) is 2.77. The monoisotopic (exact) mass is 490 g/mol. The number of ether oxygens (including phenoxy) is 3. The van der Waals surface area contributed by atoms with Gasteiger partial charge in [-0.25, -0.2) is 14.6 Å². The number of Topliss-reactive ketones (excluding diaryl/α,β-unsaturated/α-hetero) is 1. The number of nitrogens with one attached hydrogen (secondary N) is 1. The highest BCUT2D eigenvalue weighted by Crippen LogP contribution is 2.34. The topological polar surface area (TPSA) is 104 Å². The molecule has 1 amide bonds. The van der Waals surface area contributed by atoms with Gasteiger partial charge in [-0.3, -0.25) is 10.1 Å². The van der Waals surface area contributed by atoms with Gasteiger partial charge in [-0.2, -0.15) is 0 Å². The summed E-state index contributed by atoms with van der Waals surface area (Å²) in [6.45, 7) is 5.29. The molecule has 0 saturated carbocycles. The van der Waals surface area contributed by atoms with Crippen LogP contribution in [0.5, 0.6) is 5.75 Å². The molecule has 1 heterocycles. The highest BCUT2D eigenvalue weighted by atomic mass is 16.6. The van der Waals surface area contributed by atoms with E-state index < -0.39 is 23.6 Å². The van der Waals surface area contributed by atoms with Gasteiger partial charge in [0.15, 0.2) is 5.78 Å². The Morgan fingerprint density at radius 1 is 0.944 bits per heavy atom. The number of carbonyl (C=O) groups is 3.